The fourth-order valence-corrected chi connectivity index (χ4v) is 3.53. The standard InChI is InChI=1S/C23H28N2O3.C2HF3O2/c1-16(2)23-22(18-10-11-20(27-4)21(14-18)28-5)24-15-25(23)13-12-17-8-6-7-9-19(17)26-3;3-2(4,5)1(6)7/h6-11,14-16H,12-13H2,1-5H3;(H,6,7). The second-order valence-electron chi connectivity index (χ2n) is 7.76. The highest BCUT2D eigenvalue weighted by Crippen LogP contribution is 2.35. The van der Waals surface area contributed by atoms with E-state index in [-0.39, 0.29) is 0 Å². The second-order valence-corrected chi connectivity index (χ2v) is 7.76. The fourth-order valence-electron chi connectivity index (χ4n) is 3.53. The summed E-state index contributed by atoms with van der Waals surface area (Å²) in [5, 5.41) is 7.12. The maximum Gasteiger partial charge on any atom is 0.490 e. The summed E-state index contributed by atoms with van der Waals surface area (Å²) in [6.45, 7) is 5.23. The van der Waals surface area contributed by atoms with Crippen molar-refractivity contribution in [2.24, 2.45) is 0 Å². The zero-order chi connectivity index (χ0) is 26.2. The smallest absolute Gasteiger partial charge is 0.490 e. The van der Waals surface area contributed by atoms with E-state index in [1.54, 1.807) is 21.3 Å². The Morgan fingerprint density at radius 2 is 1.60 bits per heavy atom. The number of aryl methyl sites for hydroxylation is 2. The average molecular weight is 495 g/mol. The Bertz CT molecular complexity index is 1130. The van der Waals surface area contributed by atoms with Gasteiger partial charge in [0.15, 0.2) is 11.5 Å². The molecule has 2 aromatic carbocycles. The summed E-state index contributed by atoms with van der Waals surface area (Å²) < 4.78 is 50.3. The fraction of sp³-hybridized carbons (Fsp3) is 0.360. The van der Waals surface area contributed by atoms with E-state index in [1.807, 2.05) is 42.7 Å². The van der Waals surface area contributed by atoms with Gasteiger partial charge in [0.1, 0.15) is 5.75 Å². The van der Waals surface area contributed by atoms with Crippen LogP contribution in [0.5, 0.6) is 17.2 Å². The Morgan fingerprint density at radius 1 is 1.00 bits per heavy atom. The highest BCUT2D eigenvalue weighted by atomic mass is 19.4. The number of rotatable bonds is 8. The van der Waals surface area contributed by atoms with Crippen LogP contribution in [0.25, 0.3) is 11.3 Å². The highest BCUT2D eigenvalue weighted by Gasteiger charge is 2.38. The molecule has 0 spiro atoms. The van der Waals surface area contributed by atoms with Crippen molar-refractivity contribution >= 4 is 5.97 Å². The van der Waals surface area contributed by atoms with Gasteiger partial charge in [0.2, 0.25) is 0 Å². The molecule has 7 nitrogen and oxygen atoms in total. The Kier molecular flexibility index (Phi) is 9.56. The molecule has 0 amide bonds. The molecule has 0 saturated heterocycles. The number of carbonyl (C=O) groups is 1. The molecule has 10 heteroatoms. The minimum atomic E-state index is -5.08. The number of carboxylic acids is 1. The molecule has 1 heterocycles. The summed E-state index contributed by atoms with van der Waals surface area (Å²) in [5.41, 5.74) is 4.41. The van der Waals surface area contributed by atoms with E-state index in [2.05, 4.69) is 24.5 Å². The van der Waals surface area contributed by atoms with Crippen molar-refractivity contribution in [1.29, 1.82) is 0 Å². The molecule has 1 aromatic heterocycles. The number of aliphatic carboxylic acids is 1. The molecule has 0 fully saturated rings. The third-order valence-electron chi connectivity index (χ3n) is 5.14. The first-order valence-corrected chi connectivity index (χ1v) is 10.7. The van der Waals surface area contributed by atoms with Gasteiger partial charge < -0.3 is 23.9 Å². The number of nitrogens with zero attached hydrogens (tertiary/aromatic N) is 2. The highest BCUT2D eigenvalue weighted by molar-refractivity contribution is 5.73. The number of halogens is 3. The number of hydrogen-bond donors (Lipinski definition) is 1. The van der Waals surface area contributed by atoms with Crippen LogP contribution in [-0.2, 0) is 17.8 Å². The third-order valence-corrected chi connectivity index (χ3v) is 5.14. The molecule has 0 saturated carbocycles. The average Bonchev–Trinajstić information content (AvgIpc) is 3.26. The van der Waals surface area contributed by atoms with Gasteiger partial charge in [-0.2, -0.15) is 13.2 Å². The van der Waals surface area contributed by atoms with Crippen molar-refractivity contribution in [2.45, 2.75) is 38.9 Å². The Labute approximate surface area is 202 Å². The quantitative estimate of drug-likeness (QED) is 0.441. The molecule has 1 N–H and O–H groups in total. The summed E-state index contributed by atoms with van der Waals surface area (Å²) >= 11 is 0. The number of carboxylic acid groups (broad SMARTS) is 1. The molecular weight excluding hydrogens is 465 g/mol. The van der Waals surface area contributed by atoms with Crippen molar-refractivity contribution in [3.05, 3.63) is 60.0 Å². The van der Waals surface area contributed by atoms with Crippen LogP contribution < -0.4 is 14.2 Å². The minimum Gasteiger partial charge on any atom is -0.496 e. The number of alkyl halides is 3. The van der Waals surface area contributed by atoms with Crippen LogP contribution >= 0.6 is 0 Å². The number of ether oxygens (including phenoxy) is 3. The Balaban J connectivity index is 0.000000540. The largest absolute Gasteiger partial charge is 0.496 e. The lowest BCUT2D eigenvalue weighted by Crippen LogP contribution is -2.21. The van der Waals surface area contributed by atoms with Crippen molar-refractivity contribution in [3.8, 4) is 28.5 Å². The van der Waals surface area contributed by atoms with Crippen molar-refractivity contribution in [2.75, 3.05) is 21.3 Å². The molecule has 35 heavy (non-hydrogen) atoms. The van der Waals surface area contributed by atoms with E-state index in [9.17, 15) is 13.2 Å². The van der Waals surface area contributed by atoms with Crippen molar-refractivity contribution in [1.82, 2.24) is 9.55 Å². The molecule has 0 aliphatic rings. The van der Waals surface area contributed by atoms with E-state index in [4.69, 9.17) is 29.1 Å². The lowest BCUT2D eigenvalue weighted by Gasteiger charge is -2.15. The molecule has 0 aliphatic carbocycles. The van der Waals surface area contributed by atoms with Gasteiger partial charge in [-0.05, 0) is 42.2 Å². The molecule has 0 bridgehead atoms. The van der Waals surface area contributed by atoms with Gasteiger partial charge >= 0.3 is 12.1 Å². The van der Waals surface area contributed by atoms with Crippen LogP contribution in [0.2, 0.25) is 0 Å². The van der Waals surface area contributed by atoms with Gasteiger partial charge in [0.25, 0.3) is 0 Å². The first-order chi connectivity index (χ1) is 16.5. The van der Waals surface area contributed by atoms with E-state index in [0.29, 0.717) is 17.4 Å². The van der Waals surface area contributed by atoms with Crippen LogP contribution in [0.1, 0.15) is 31.0 Å². The molecule has 0 radical (unpaired) electrons. The van der Waals surface area contributed by atoms with Crippen LogP contribution in [-0.4, -0.2) is 48.1 Å². The molecule has 190 valence electrons. The molecule has 0 aliphatic heterocycles. The molecule has 0 unspecified atom stereocenters. The third kappa shape index (κ3) is 7.14. The number of para-hydroxylation sites is 1. The summed E-state index contributed by atoms with van der Waals surface area (Å²) in [5.74, 6) is -0.0733. The Morgan fingerprint density at radius 3 is 2.14 bits per heavy atom. The van der Waals surface area contributed by atoms with Gasteiger partial charge in [-0.15, -0.1) is 0 Å². The number of methoxy groups -OCH3 is 3. The summed E-state index contributed by atoms with van der Waals surface area (Å²) in [6.07, 6.45) is -2.28. The second kappa shape index (κ2) is 12.1. The summed E-state index contributed by atoms with van der Waals surface area (Å²) in [6, 6.07) is 14.1. The number of aromatic nitrogens is 2. The number of hydrogen-bond acceptors (Lipinski definition) is 5. The van der Waals surface area contributed by atoms with Gasteiger partial charge in [0, 0.05) is 17.8 Å². The van der Waals surface area contributed by atoms with E-state index in [0.717, 1.165) is 30.0 Å². The van der Waals surface area contributed by atoms with Crippen LogP contribution in [0.4, 0.5) is 13.2 Å². The van der Waals surface area contributed by atoms with E-state index in [1.165, 1.54) is 11.3 Å². The van der Waals surface area contributed by atoms with Crippen LogP contribution in [0.3, 0.4) is 0 Å². The summed E-state index contributed by atoms with van der Waals surface area (Å²) in [4.78, 5) is 13.6. The van der Waals surface area contributed by atoms with Crippen LogP contribution in [0.15, 0.2) is 48.8 Å². The van der Waals surface area contributed by atoms with Crippen LogP contribution in [0, 0.1) is 0 Å². The van der Waals surface area contributed by atoms with E-state index < -0.39 is 12.1 Å². The Hall–Kier alpha value is -3.69. The van der Waals surface area contributed by atoms with Gasteiger partial charge in [-0.25, -0.2) is 9.78 Å². The predicted molar refractivity (Wildman–Crippen MR) is 125 cm³/mol. The number of imidazole rings is 1. The van der Waals surface area contributed by atoms with Gasteiger partial charge in [-0.3, -0.25) is 0 Å². The molecular formula is C25H29F3N2O5. The minimum absolute atomic E-state index is 0.336. The first-order valence-electron chi connectivity index (χ1n) is 10.7. The molecule has 3 aromatic rings. The predicted octanol–water partition coefficient (Wildman–Crippen LogP) is 5.58. The first kappa shape index (κ1) is 27.6. The zero-order valence-electron chi connectivity index (χ0n) is 20.2. The lowest BCUT2D eigenvalue weighted by molar-refractivity contribution is -0.192. The maximum absolute atomic E-state index is 10.6. The van der Waals surface area contributed by atoms with Gasteiger partial charge in [-0.1, -0.05) is 32.0 Å². The summed E-state index contributed by atoms with van der Waals surface area (Å²) in [7, 11) is 5.01. The number of benzene rings is 2. The zero-order valence-corrected chi connectivity index (χ0v) is 20.2. The monoisotopic (exact) mass is 494 g/mol. The van der Waals surface area contributed by atoms with Gasteiger partial charge in [0.05, 0.1) is 33.4 Å². The lowest BCUT2D eigenvalue weighted by atomic mass is 10.0. The maximum atomic E-state index is 10.6. The van der Waals surface area contributed by atoms with Crippen molar-refractivity contribution in [3.63, 3.8) is 0 Å². The van der Waals surface area contributed by atoms with E-state index >= 15 is 0 Å². The topological polar surface area (TPSA) is 82.8 Å². The normalized spacial score (nSPS) is 11.0. The molecule has 3 rings (SSSR count). The SMILES string of the molecule is COc1ccccc1CCn1cnc(-c2ccc(OC)c(OC)c2)c1C(C)C.O=C(O)C(F)(F)F. The molecule has 0 atom stereocenters. The van der Waals surface area contributed by atoms with Crippen molar-refractivity contribution < 1.29 is 37.3 Å².